The van der Waals surface area contributed by atoms with Crippen molar-refractivity contribution in [1.82, 2.24) is 9.55 Å². The van der Waals surface area contributed by atoms with Crippen molar-refractivity contribution in [2.24, 2.45) is 0 Å². The van der Waals surface area contributed by atoms with Gasteiger partial charge in [0.1, 0.15) is 5.82 Å². The summed E-state index contributed by atoms with van der Waals surface area (Å²) in [7, 11) is 0. The topological polar surface area (TPSA) is 44.1 Å². The summed E-state index contributed by atoms with van der Waals surface area (Å²) in [6.45, 7) is 3.98. The van der Waals surface area contributed by atoms with Crippen LogP contribution in [0.4, 0.5) is 8.78 Å². The summed E-state index contributed by atoms with van der Waals surface area (Å²) in [6.07, 6.45) is 3.17. The van der Waals surface area contributed by atoms with Crippen LogP contribution < -0.4 is 0 Å². The number of ether oxygens (including phenoxy) is 1. The van der Waals surface area contributed by atoms with Gasteiger partial charge in [0.05, 0.1) is 13.0 Å². The molecular formula is C11H16F2N2O2. The first kappa shape index (κ1) is 13.6. The van der Waals surface area contributed by atoms with Crippen LogP contribution in [0.15, 0.2) is 12.4 Å². The Labute approximate surface area is 98.6 Å². The number of halogens is 2. The van der Waals surface area contributed by atoms with Gasteiger partial charge < -0.3 is 9.30 Å². The van der Waals surface area contributed by atoms with Crippen molar-refractivity contribution in [3.8, 4) is 0 Å². The number of rotatable bonds is 6. The summed E-state index contributed by atoms with van der Waals surface area (Å²) < 4.78 is 32.9. The van der Waals surface area contributed by atoms with Crippen LogP contribution in [0, 0.1) is 0 Å². The molecule has 0 unspecified atom stereocenters. The van der Waals surface area contributed by atoms with Crippen molar-refractivity contribution in [1.29, 1.82) is 0 Å². The molecule has 96 valence electrons. The molecular weight excluding hydrogens is 230 g/mol. The molecule has 0 radical (unpaired) electrons. The first-order chi connectivity index (χ1) is 8.01. The number of carbonyl (C=O) groups excluding carboxylic acids is 1. The summed E-state index contributed by atoms with van der Waals surface area (Å²) in [5.74, 6) is -4.82. The SMILES string of the molecule is CCCn1ccnc1CC(F)(F)C(=O)OCC. The molecule has 4 nitrogen and oxygen atoms in total. The maximum Gasteiger partial charge on any atom is 0.377 e. The van der Waals surface area contributed by atoms with E-state index in [1.54, 1.807) is 10.8 Å². The van der Waals surface area contributed by atoms with Gasteiger partial charge in [0.15, 0.2) is 0 Å². The van der Waals surface area contributed by atoms with Crippen molar-refractivity contribution in [2.45, 2.75) is 39.2 Å². The maximum absolute atomic E-state index is 13.5. The molecule has 0 bridgehead atoms. The molecule has 0 aliphatic rings. The lowest BCUT2D eigenvalue weighted by Gasteiger charge is -2.15. The fraction of sp³-hybridized carbons (Fsp3) is 0.636. The van der Waals surface area contributed by atoms with E-state index in [2.05, 4.69) is 9.72 Å². The standard InChI is InChI=1S/C11H16F2N2O2/c1-3-6-15-7-5-14-9(15)8-11(12,13)10(16)17-4-2/h5,7H,3-4,6,8H2,1-2H3. The van der Waals surface area contributed by atoms with E-state index in [0.717, 1.165) is 6.42 Å². The third-order valence-electron chi connectivity index (χ3n) is 2.22. The number of hydrogen-bond donors (Lipinski definition) is 0. The van der Waals surface area contributed by atoms with E-state index in [4.69, 9.17) is 0 Å². The van der Waals surface area contributed by atoms with Crippen molar-refractivity contribution >= 4 is 5.97 Å². The molecule has 0 spiro atoms. The Balaban J connectivity index is 2.75. The lowest BCUT2D eigenvalue weighted by molar-refractivity contribution is -0.171. The van der Waals surface area contributed by atoms with E-state index < -0.39 is 18.3 Å². The van der Waals surface area contributed by atoms with Gasteiger partial charge in [-0.25, -0.2) is 9.78 Å². The quantitative estimate of drug-likeness (QED) is 0.721. The number of aromatic nitrogens is 2. The highest BCUT2D eigenvalue weighted by atomic mass is 19.3. The van der Waals surface area contributed by atoms with Gasteiger partial charge in [-0.2, -0.15) is 8.78 Å². The molecule has 0 aromatic carbocycles. The Morgan fingerprint density at radius 1 is 1.53 bits per heavy atom. The number of esters is 1. The largest absolute Gasteiger partial charge is 0.462 e. The van der Waals surface area contributed by atoms with Crippen molar-refractivity contribution in [3.63, 3.8) is 0 Å². The number of nitrogens with zero attached hydrogens (tertiary/aromatic N) is 2. The van der Waals surface area contributed by atoms with Gasteiger partial charge in [0.2, 0.25) is 0 Å². The van der Waals surface area contributed by atoms with Crippen LogP contribution in [0.3, 0.4) is 0 Å². The molecule has 0 N–H and O–H groups in total. The smallest absolute Gasteiger partial charge is 0.377 e. The zero-order valence-electron chi connectivity index (χ0n) is 9.95. The summed E-state index contributed by atoms with van der Waals surface area (Å²) in [6, 6.07) is 0. The highest BCUT2D eigenvalue weighted by Gasteiger charge is 2.41. The third kappa shape index (κ3) is 3.51. The number of aryl methyl sites for hydroxylation is 1. The molecule has 1 aromatic rings. The Morgan fingerprint density at radius 3 is 2.82 bits per heavy atom. The molecule has 17 heavy (non-hydrogen) atoms. The molecule has 0 saturated heterocycles. The second kappa shape index (κ2) is 5.75. The van der Waals surface area contributed by atoms with E-state index >= 15 is 0 Å². The van der Waals surface area contributed by atoms with Gasteiger partial charge >= 0.3 is 11.9 Å². The maximum atomic E-state index is 13.5. The number of carbonyl (C=O) groups is 1. The van der Waals surface area contributed by atoms with Crippen LogP contribution in [-0.2, 0) is 22.5 Å². The fourth-order valence-corrected chi connectivity index (χ4v) is 1.46. The Kier molecular flexibility index (Phi) is 4.60. The van der Waals surface area contributed by atoms with Crippen molar-refractivity contribution < 1.29 is 18.3 Å². The predicted octanol–water partition coefficient (Wildman–Crippen LogP) is 2.03. The van der Waals surface area contributed by atoms with Gasteiger partial charge in [-0.1, -0.05) is 6.92 Å². The van der Waals surface area contributed by atoms with Crippen LogP contribution in [-0.4, -0.2) is 28.0 Å². The highest BCUT2D eigenvalue weighted by Crippen LogP contribution is 2.21. The van der Waals surface area contributed by atoms with Crippen LogP contribution in [0.2, 0.25) is 0 Å². The average Bonchev–Trinajstić information content (AvgIpc) is 2.66. The normalized spacial score (nSPS) is 11.5. The van der Waals surface area contributed by atoms with Gasteiger partial charge in [0.25, 0.3) is 0 Å². The zero-order valence-corrected chi connectivity index (χ0v) is 9.95. The van der Waals surface area contributed by atoms with Crippen LogP contribution in [0.5, 0.6) is 0 Å². The first-order valence-electron chi connectivity index (χ1n) is 5.56. The van der Waals surface area contributed by atoms with Crippen molar-refractivity contribution in [3.05, 3.63) is 18.2 Å². The Hall–Kier alpha value is -1.46. The van der Waals surface area contributed by atoms with Gasteiger partial charge in [-0.15, -0.1) is 0 Å². The van der Waals surface area contributed by atoms with Crippen LogP contribution in [0.25, 0.3) is 0 Å². The number of hydrogen-bond acceptors (Lipinski definition) is 3. The van der Waals surface area contributed by atoms with Crippen LogP contribution in [0.1, 0.15) is 26.1 Å². The molecule has 0 atom stereocenters. The molecule has 0 aliphatic heterocycles. The monoisotopic (exact) mass is 246 g/mol. The Bertz CT molecular complexity index is 377. The second-order valence-electron chi connectivity index (χ2n) is 3.64. The summed E-state index contributed by atoms with van der Waals surface area (Å²) in [4.78, 5) is 14.9. The van der Waals surface area contributed by atoms with Gasteiger partial charge in [0, 0.05) is 18.9 Å². The molecule has 0 saturated carbocycles. The summed E-state index contributed by atoms with van der Waals surface area (Å²) >= 11 is 0. The molecule has 1 heterocycles. The van der Waals surface area contributed by atoms with E-state index in [-0.39, 0.29) is 12.4 Å². The molecule has 0 amide bonds. The molecule has 6 heteroatoms. The lowest BCUT2D eigenvalue weighted by Crippen LogP contribution is -2.34. The van der Waals surface area contributed by atoms with E-state index in [1.807, 2.05) is 6.92 Å². The first-order valence-corrected chi connectivity index (χ1v) is 5.56. The minimum atomic E-state index is -3.52. The molecule has 1 rings (SSSR count). The minimum absolute atomic E-state index is 0.0577. The van der Waals surface area contributed by atoms with Crippen molar-refractivity contribution in [2.75, 3.05) is 6.61 Å². The molecule has 0 fully saturated rings. The molecule has 0 aliphatic carbocycles. The van der Waals surface area contributed by atoms with E-state index in [9.17, 15) is 13.6 Å². The minimum Gasteiger partial charge on any atom is -0.462 e. The lowest BCUT2D eigenvalue weighted by atomic mass is 10.2. The Morgan fingerprint density at radius 2 is 2.24 bits per heavy atom. The summed E-state index contributed by atoms with van der Waals surface area (Å²) in [5, 5.41) is 0. The zero-order chi connectivity index (χ0) is 12.9. The third-order valence-corrected chi connectivity index (χ3v) is 2.22. The van der Waals surface area contributed by atoms with Crippen LogP contribution >= 0.6 is 0 Å². The fourth-order valence-electron chi connectivity index (χ4n) is 1.46. The van der Waals surface area contributed by atoms with Gasteiger partial charge in [-0.05, 0) is 13.3 Å². The average molecular weight is 246 g/mol. The highest BCUT2D eigenvalue weighted by molar-refractivity contribution is 5.77. The number of alkyl halides is 2. The van der Waals surface area contributed by atoms with Gasteiger partial charge in [-0.3, -0.25) is 0 Å². The van der Waals surface area contributed by atoms with E-state index in [1.165, 1.54) is 13.1 Å². The summed E-state index contributed by atoms with van der Waals surface area (Å²) in [5.41, 5.74) is 0. The molecule has 1 aromatic heterocycles. The predicted molar refractivity (Wildman–Crippen MR) is 57.8 cm³/mol. The second-order valence-corrected chi connectivity index (χ2v) is 3.64. The van der Waals surface area contributed by atoms with E-state index in [0.29, 0.717) is 6.54 Å². The number of imidazole rings is 1.